The SMILES string of the molecule is CCCNc1ncnc(Nc2ccccc2C#N)c1OC. The van der Waals surface area contributed by atoms with Gasteiger partial charge in [0.1, 0.15) is 12.4 Å². The van der Waals surface area contributed by atoms with E-state index in [1.807, 2.05) is 18.2 Å². The molecule has 0 aliphatic carbocycles. The van der Waals surface area contributed by atoms with Crippen LogP contribution < -0.4 is 15.4 Å². The second-order valence-electron chi connectivity index (χ2n) is 4.31. The molecule has 2 N–H and O–H groups in total. The second-order valence-corrected chi connectivity index (χ2v) is 4.31. The molecule has 2 rings (SSSR count). The number of anilines is 3. The molecule has 6 nitrogen and oxygen atoms in total. The number of nitrogens with zero attached hydrogens (tertiary/aromatic N) is 3. The Balaban J connectivity index is 2.33. The summed E-state index contributed by atoms with van der Waals surface area (Å²) in [6, 6.07) is 9.37. The van der Waals surface area contributed by atoms with Gasteiger partial charge in [-0.25, -0.2) is 9.97 Å². The van der Waals surface area contributed by atoms with E-state index < -0.39 is 0 Å². The van der Waals surface area contributed by atoms with Gasteiger partial charge < -0.3 is 15.4 Å². The lowest BCUT2D eigenvalue weighted by Crippen LogP contribution is -2.07. The molecule has 0 amide bonds. The second kappa shape index (κ2) is 7.10. The molecule has 1 heterocycles. The minimum Gasteiger partial charge on any atom is -0.490 e. The number of hydrogen-bond donors (Lipinski definition) is 2. The molecule has 6 heteroatoms. The summed E-state index contributed by atoms with van der Waals surface area (Å²) in [4.78, 5) is 8.37. The van der Waals surface area contributed by atoms with E-state index in [2.05, 4.69) is 33.6 Å². The van der Waals surface area contributed by atoms with Crippen LogP contribution in [-0.4, -0.2) is 23.6 Å². The molecule has 0 aliphatic heterocycles. The predicted octanol–water partition coefficient (Wildman–Crippen LogP) is 2.92. The normalized spacial score (nSPS) is 9.76. The molecule has 0 unspecified atom stereocenters. The van der Waals surface area contributed by atoms with Gasteiger partial charge in [0.2, 0.25) is 5.75 Å². The van der Waals surface area contributed by atoms with Crippen LogP contribution in [0.25, 0.3) is 0 Å². The number of aromatic nitrogens is 2. The predicted molar refractivity (Wildman–Crippen MR) is 81.8 cm³/mol. The van der Waals surface area contributed by atoms with Crippen molar-refractivity contribution in [1.82, 2.24) is 9.97 Å². The molecule has 1 aromatic carbocycles. The third-order valence-corrected chi connectivity index (χ3v) is 2.85. The standard InChI is InChI=1S/C15H17N5O/c1-3-8-17-14-13(21-2)15(19-10-18-14)20-12-7-5-4-6-11(12)9-16/h4-7,10H,3,8H2,1-2H3,(H2,17,18,19,20). The molecule has 0 saturated carbocycles. The first-order valence-corrected chi connectivity index (χ1v) is 6.69. The fourth-order valence-electron chi connectivity index (χ4n) is 1.84. The smallest absolute Gasteiger partial charge is 0.204 e. The number of nitriles is 1. The van der Waals surface area contributed by atoms with E-state index in [0.29, 0.717) is 28.6 Å². The van der Waals surface area contributed by atoms with Crippen LogP contribution in [-0.2, 0) is 0 Å². The van der Waals surface area contributed by atoms with Crippen molar-refractivity contribution >= 4 is 17.3 Å². The highest BCUT2D eigenvalue weighted by Gasteiger charge is 2.13. The number of methoxy groups -OCH3 is 1. The first kappa shape index (κ1) is 14.6. The Morgan fingerprint density at radius 1 is 1.24 bits per heavy atom. The quantitative estimate of drug-likeness (QED) is 0.848. The average molecular weight is 283 g/mol. The maximum absolute atomic E-state index is 9.13. The molecule has 0 aliphatic rings. The lowest BCUT2D eigenvalue weighted by atomic mass is 10.2. The van der Waals surface area contributed by atoms with E-state index in [4.69, 9.17) is 10.00 Å². The van der Waals surface area contributed by atoms with Gasteiger partial charge in [-0.1, -0.05) is 19.1 Å². The van der Waals surface area contributed by atoms with E-state index in [9.17, 15) is 0 Å². The Kier molecular flexibility index (Phi) is 4.94. The Morgan fingerprint density at radius 3 is 2.71 bits per heavy atom. The van der Waals surface area contributed by atoms with Gasteiger partial charge in [0.25, 0.3) is 0 Å². The van der Waals surface area contributed by atoms with Crippen molar-refractivity contribution < 1.29 is 4.74 Å². The molecule has 21 heavy (non-hydrogen) atoms. The van der Waals surface area contributed by atoms with E-state index in [0.717, 1.165) is 13.0 Å². The summed E-state index contributed by atoms with van der Waals surface area (Å²) < 4.78 is 5.39. The van der Waals surface area contributed by atoms with Crippen molar-refractivity contribution in [1.29, 1.82) is 5.26 Å². The highest BCUT2D eigenvalue weighted by atomic mass is 16.5. The monoisotopic (exact) mass is 283 g/mol. The van der Waals surface area contributed by atoms with Crippen molar-refractivity contribution in [2.75, 3.05) is 24.3 Å². The van der Waals surface area contributed by atoms with Gasteiger partial charge in [-0.05, 0) is 18.6 Å². The van der Waals surface area contributed by atoms with Crippen molar-refractivity contribution in [3.8, 4) is 11.8 Å². The van der Waals surface area contributed by atoms with Crippen LogP contribution in [0, 0.1) is 11.3 Å². The number of rotatable bonds is 6. The van der Waals surface area contributed by atoms with Crippen LogP contribution in [0.5, 0.6) is 5.75 Å². The molecule has 0 atom stereocenters. The number of benzene rings is 1. The summed E-state index contributed by atoms with van der Waals surface area (Å²) in [6.07, 6.45) is 2.44. The van der Waals surface area contributed by atoms with Crippen molar-refractivity contribution in [3.05, 3.63) is 36.2 Å². The summed E-state index contributed by atoms with van der Waals surface area (Å²) in [5.41, 5.74) is 1.22. The molecule has 0 spiro atoms. The molecular weight excluding hydrogens is 266 g/mol. The van der Waals surface area contributed by atoms with Crippen LogP contribution in [0.4, 0.5) is 17.3 Å². The minimum absolute atomic E-state index is 0.522. The highest BCUT2D eigenvalue weighted by Crippen LogP contribution is 2.31. The molecule has 0 fully saturated rings. The zero-order chi connectivity index (χ0) is 15.1. The maximum atomic E-state index is 9.13. The van der Waals surface area contributed by atoms with Crippen molar-refractivity contribution in [2.24, 2.45) is 0 Å². The first-order valence-electron chi connectivity index (χ1n) is 6.69. The third kappa shape index (κ3) is 3.39. The van der Waals surface area contributed by atoms with Gasteiger partial charge >= 0.3 is 0 Å². The van der Waals surface area contributed by atoms with Crippen LogP contribution >= 0.6 is 0 Å². The molecule has 1 aromatic heterocycles. The van der Waals surface area contributed by atoms with Gasteiger partial charge in [-0.15, -0.1) is 0 Å². The maximum Gasteiger partial charge on any atom is 0.204 e. The highest BCUT2D eigenvalue weighted by molar-refractivity contribution is 5.72. The molecule has 0 saturated heterocycles. The third-order valence-electron chi connectivity index (χ3n) is 2.85. The zero-order valence-corrected chi connectivity index (χ0v) is 12.1. The van der Waals surface area contributed by atoms with E-state index in [1.54, 1.807) is 13.2 Å². The number of para-hydroxylation sites is 1. The Hall–Kier alpha value is -2.81. The Bertz CT molecular complexity index is 651. The van der Waals surface area contributed by atoms with Gasteiger partial charge in [-0.3, -0.25) is 0 Å². The lowest BCUT2D eigenvalue weighted by Gasteiger charge is -2.14. The van der Waals surface area contributed by atoms with E-state index in [1.165, 1.54) is 6.33 Å². The fourth-order valence-corrected chi connectivity index (χ4v) is 1.84. The summed E-state index contributed by atoms with van der Waals surface area (Å²) >= 11 is 0. The molecular formula is C15H17N5O. The number of ether oxygens (including phenoxy) is 1. The van der Waals surface area contributed by atoms with Gasteiger partial charge in [0, 0.05) is 6.54 Å². The number of hydrogen-bond acceptors (Lipinski definition) is 6. The zero-order valence-electron chi connectivity index (χ0n) is 12.1. The molecule has 2 aromatic rings. The minimum atomic E-state index is 0.522. The summed E-state index contributed by atoms with van der Waals surface area (Å²) in [5, 5.41) is 15.4. The van der Waals surface area contributed by atoms with Crippen molar-refractivity contribution in [2.45, 2.75) is 13.3 Å². The fraction of sp³-hybridized carbons (Fsp3) is 0.267. The Morgan fingerprint density at radius 2 is 2.00 bits per heavy atom. The topological polar surface area (TPSA) is 82.9 Å². The van der Waals surface area contributed by atoms with Crippen molar-refractivity contribution in [3.63, 3.8) is 0 Å². The largest absolute Gasteiger partial charge is 0.490 e. The first-order chi connectivity index (χ1) is 10.3. The summed E-state index contributed by atoms with van der Waals surface area (Å²) in [7, 11) is 1.57. The van der Waals surface area contributed by atoms with Gasteiger partial charge in [-0.2, -0.15) is 5.26 Å². The van der Waals surface area contributed by atoms with Crippen LogP contribution in [0.3, 0.4) is 0 Å². The lowest BCUT2D eigenvalue weighted by molar-refractivity contribution is 0.415. The van der Waals surface area contributed by atoms with Gasteiger partial charge in [0.05, 0.1) is 18.4 Å². The van der Waals surface area contributed by atoms with Crippen LogP contribution in [0.1, 0.15) is 18.9 Å². The molecule has 0 bridgehead atoms. The van der Waals surface area contributed by atoms with Crippen LogP contribution in [0.2, 0.25) is 0 Å². The van der Waals surface area contributed by atoms with E-state index in [-0.39, 0.29) is 0 Å². The molecule has 108 valence electrons. The van der Waals surface area contributed by atoms with E-state index >= 15 is 0 Å². The summed E-state index contributed by atoms with van der Waals surface area (Å²) in [5.74, 6) is 1.68. The number of nitrogens with one attached hydrogen (secondary N) is 2. The Labute approximate surface area is 123 Å². The average Bonchev–Trinajstić information content (AvgIpc) is 2.53. The van der Waals surface area contributed by atoms with Crippen LogP contribution in [0.15, 0.2) is 30.6 Å². The summed E-state index contributed by atoms with van der Waals surface area (Å²) in [6.45, 7) is 2.87. The van der Waals surface area contributed by atoms with Gasteiger partial charge in [0.15, 0.2) is 11.6 Å². The molecule has 0 radical (unpaired) electrons.